The highest BCUT2D eigenvalue weighted by Gasteiger charge is 2.38. The van der Waals surface area contributed by atoms with E-state index in [1.54, 1.807) is 61.5 Å². The molecule has 0 atom stereocenters. The summed E-state index contributed by atoms with van der Waals surface area (Å²) >= 11 is 0. The number of hydrogen-bond donors (Lipinski definition) is 4. The van der Waals surface area contributed by atoms with Crippen LogP contribution in [-0.2, 0) is 21.4 Å². The molecule has 1 fully saturated rings. The molecule has 4 rings (SSSR count). The minimum atomic E-state index is -5.08. The number of halogens is 4. The standard InChI is InChI=1S/C25H27FN4O3S.C2HF3O2/c1-18-6-2-5-9-24(18)34(32,33)29-22-16-19(10-11-23(22)30-14-12-27-13-15-30)25(31)28-17-20-7-3-4-8-21(20)26;3-2(4,5)1(6)7/h2-11,16,27,29H,12-15,17H2,1H3,(H,28,31);(H,6,7). The zero-order valence-electron chi connectivity index (χ0n) is 21.8. The second-order valence-corrected chi connectivity index (χ2v) is 10.6. The van der Waals surface area contributed by atoms with Gasteiger partial charge in [0.2, 0.25) is 0 Å². The van der Waals surface area contributed by atoms with Crippen molar-refractivity contribution in [3.63, 3.8) is 0 Å². The first-order valence-corrected chi connectivity index (χ1v) is 13.8. The molecule has 9 nitrogen and oxygen atoms in total. The summed E-state index contributed by atoms with van der Waals surface area (Å²) in [6, 6.07) is 17.9. The molecule has 41 heavy (non-hydrogen) atoms. The Kier molecular flexibility index (Phi) is 10.3. The van der Waals surface area contributed by atoms with Crippen LogP contribution in [0.15, 0.2) is 71.6 Å². The molecule has 1 heterocycles. The van der Waals surface area contributed by atoms with Gasteiger partial charge in [-0.2, -0.15) is 13.2 Å². The third-order valence-electron chi connectivity index (χ3n) is 5.98. The minimum absolute atomic E-state index is 0.0231. The van der Waals surface area contributed by atoms with E-state index in [1.165, 1.54) is 12.1 Å². The van der Waals surface area contributed by atoms with Crippen molar-refractivity contribution in [3.05, 3.63) is 89.2 Å². The Morgan fingerprint density at radius 2 is 1.61 bits per heavy atom. The van der Waals surface area contributed by atoms with E-state index in [-0.39, 0.29) is 17.0 Å². The molecule has 1 saturated heterocycles. The van der Waals surface area contributed by atoms with Gasteiger partial charge in [-0.15, -0.1) is 0 Å². The number of sulfonamides is 1. The monoisotopic (exact) mass is 596 g/mol. The maximum atomic E-state index is 13.9. The molecule has 14 heteroatoms. The molecule has 0 radical (unpaired) electrons. The number of benzene rings is 3. The van der Waals surface area contributed by atoms with Gasteiger partial charge < -0.3 is 20.6 Å². The molecule has 0 bridgehead atoms. The number of carbonyl (C=O) groups excluding carboxylic acids is 1. The van der Waals surface area contributed by atoms with Crippen molar-refractivity contribution in [1.29, 1.82) is 0 Å². The Balaban J connectivity index is 0.000000587. The molecule has 3 aromatic rings. The normalized spacial score (nSPS) is 13.5. The van der Waals surface area contributed by atoms with Crippen LogP contribution in [0.2, 0.25) is 0 Å². The summed E-state index contributed by atoms with van der Waals surface area (Å²) in [6.45, 7) is 4.72. The van der Waals surface area contributed by atoms with Crippen molar-refractivity contribution in [3.8, 4) is 0 Å². The maximum Gasteiger partial charge on any atom is 0.490 e. The van der Waals surface area contributed by atoms with Gasteiger partial charge in [-0.05, 0) is 42.8 Å². The Morgan fingerprint density at radius 3 is 2.22 bits per heavy atom. The fourth-order valence-corrected chi connectivity index (χ4v) is 5.23. The lowest BCUT2D eigenvalue weighted by molar-refractivity contribution is -0.192. The number of alkyl halides is 3. The number of nitrogens with one attached hydrogen (secondary N) is 3. The van der Waals surface area contributed by atoms with Crippen molar-refractivity contribution in [2.75, 3.05) is 35.8 Å². The minimum Gasteiger partial charge on any atom is -0.475 e. The largest absolute Gasteiger partial charge is 0.490 e. The lowest BCUT2D eigenvalue weighted by atomic mass is 10.1. The highest BCUT2D eigenvalue weighted by atomic mass is 32.2. The van der Waals surface area contributed by atoms with Crippen LogP contribution in [0.5, 0.6) is 0 Å². The van der Waals surface area contributed by atoms with Crippen LogP contribution in [0.4, 0.5) is 28.9 Å². The number of aliphatic carboxylic acids is 1. The summed E-state index contributed by atoms with van der Waals surface area (Å²) in [5.41, 5.74) is 2.29. The number of nitrogens with zero attached hydrogens (tertiary/aromatic N) is 1. The van der Waals surface area contributed by atoms with Crippen LogP contribution in [0, 0.1) is 12.7 Å². The fraction of sp³-hybridized carbons (Fsp3) is 0.259. The Hall–Kier alpha value is -4.17. The van der Waals surface area contributed by atoms with Crippen molar-refractivity contribution in [2.24, 2.45) is 0 Å². The van der Waals surface area contributed by atoms with E-state index < -0.39 is 33.9 Å². The quantitative estimate of drug-likeness (QED) is 0.305. The molecular formula is C27H28F4N4O5S. The van der Waals surface area contributed by atoms with Gasteiger partial charge >= 0.3 is 12.1 Å². The molecule has 1 aliphatic rings. The van der Waals surface area contributed by atoms with Crippen LogP contribution in [0.1, 0.15) is 21.5 Å². The maximum absolute atomic E-state index is 13.9. The van der Waals surface area contributed by atoms with Crippen molar-refractivity contribution < 1.29 is 40.7 Å². The number of carboxylic acids is 1. The number of aryl methyl sites for hydroxylation is 1. The molecule has 3 aromatic carbocycles. The average Bonchev–Trinajstić information content (AvgIpc) is 2.92. The fourth-order valence-electron chi connectivity index (χ4n) is 3.92. The summed E-state index contributed by atoms with van der Waals surface area (Å²) in [7, 11) is -3.88. The first kappa shape index (κ1) is 31.4. The number of piperazine rings is 1. The smallest absolute Gasteiger partial charge is 0.475 e. The average molecular weight is 597 g/mol. The van der Waals surface area contributed by atoms with E-state index in [9.17, 15) is 30.8 Å². The third-order valence-corrected chi connectivity index (χ3v) is 7.51. The number of carbonyl (C=O) groups is 2. The van der Waals surface area contributed by atoms with E-state index in [2.05, 4.69) is 20.3 Å². The second kappa shape index (κ2) is 13.5. The van der Waals surface area contributed by atoms with E-state index in [4.69, 9.17) is 9.90 Å². The van der Waals surface area contributed by atoms with Crippen LogP contribution in [-0.4, -0.2) is 57.8 Å². The van der Waals surface area contributed by atoms with E-state index in [1.807, 2.05) is 0 Å². The first-order chi connectivity index (χ1) is 19.3. The van der Waals surface area contributed by atoms with Gasteiger partial charge in [-0.1, -0.05) is 36.4 Å². The van der Waals surface area contributed by atoms with Gasteiger partial charge in [-0.3, -0.25) is 9.52 Å². The number of anilines is 2. The number of hydrogen-bond acceptors (Lipinski definition) is 6. The van der Waals surface area contributed by atoms with E-state index >= 15 is 0 Å². The highest BCUT2D eigenvalue weighted by molar-refractivity contribution is 7.92. The van der Waals surface area contributed by atoms with Crippen molar-refractivity contribution in [2.45, 2.75) is 24.5 Å². The van der Waals surface area contributed by atoms with Crippen LogP contribution in [0.3, 0.4) is 0 Å². The molecule has 0 aromatic heterocycles. The Bertz CT molecular complexity index is 1490. The summed E-state index contributed by atoms with van der Waals surface area (Å²) in [5.74, 6) is -3.58. The lowest BCUT2D eigenvalue weighted by Crippen LogP contribution is -2.43. The van der Waals surface area contributed by atoms with Gasteiger partial charge in [0.15, 0.2) is 0 Å². The Labute approximate surface area is 234 Å². The zero-order chi connectivity index (χ0) is 30.2. The summed E-state index contributed by atoms with van der Waals surface area (Å²) in [6.07, 6.45) is -5.08. The molecule has 1 aliphatic heterocycles. The lowest BCUT2D eigenvalue weighted by Gasteiger charge is -2.31. The zero-order valence-corrected chi connectivity index (χ0v) is 22.7. The van der Waals surface area contributed by atoms with Crippen LogP contribution < -0.4 is 20.3 Å². The van der Waals surface area contributed by atoms with Gasteiger partial charge in [0.05, 0.1) is 16.3 Å². The predicted octanol–water partition coefficient (Wildman–Crippen LogP) is 3.91. The molecular weight excluding hydrogens is 568 g/mol. The first-order valence-electron chi connectivity index (χ1n) is 12.3. The number of rotatable bonds is 7. The molecule has 0 unspecified atom stereocenters. The van der Waals surface area contributed by atoms with Gasteiger partial charge in [-0.25, -0.2) is 17.6 Å². The summed E-state index contributed by atoms with van der Waals surface area (Å²) in [4.78, 5) is 24.0. The molecule has 0 spiro atoms. The molecule has 0 aliphatic carbocycles. The highest BCUT2D eigenvalue weighted by Crippen LogP contribution is 2.30. The molecule has 4 N–H and O–H groups in total. The van der Waals surface area contributed by atoms with Crippen LogP contribution in [0.25, 0.3) is 0 Å². The predicted molar refractivity (Wildman–Crippen MR) is 145 cm³/mol. The van der Waals surface area contributed by atoms with E-state index in [0.717, 1.165) is 13.1 Å². The second-order valence-electron chi connectivity index (χ2n) is 8.92. The molecule has 220 valence electrons. The van der Waals surface area contributed by atoms with Crippen molar-refractivity contribution >= 4 is 33.3 Å². The van der Waals surface area contributed by atoms with Gasteiger partial charge in [0.1, 0.15) is 5.82 Å². The summed E-state index contributed by atoms with van der Waals surface area (Å²) in [5, 5.41) is 13.1. The molecule has 1 amide bonds. The summed E-state index contributed by atoms with van der Waals surface area (Å²) < 4.78 is 74.7. The topological polar surface area (TPSA) is 128 Å². The molecule has 0 saturated carbocycles. The number of carboxylic acid groups (broad SMARTS) is 1. The SMILES string of the molecule is Cc1ccccc1S(=O)(=O)Nc1cc(C(=O)NCc2ccccc2F)ccc1N1CCNCC1.O=C(O)C(F)(F)F. The number of amides is 1. The van der Waals surface area contributed by atoms with E-state index in [0.29, 0.717) is 35.6 Å². The van der Waals surface area contributed by atoms with Gasteiger partial charge in [0.25, 0.3) is 15.9 Å². The van der Waals surface area contributed by atoms with Crippen LogP contribution >= 0.6 is 0 Å². The Morgan fingerprint density at radius 1 is 1.00 bits per heavy atom. The van der Waals surface area contributed by atoms with Crippen molar-refractivity contribution in [1.82, 2.24) is 10.6 Å². The third kappa shape index (κ3) is 8.66. The van der Waals surface area contributed by atoms with Gasteiger partial charge in [0, 0.05) is 43.9 Å².